The third kappa shape index (κ3) is 4.09. The van der Waals surface area contributed by atoms with E-state index in [1.54, 1.807) is 0 Å². The highest BCUT2D eigenvalue weighted by Gasteiger charge is 2.31. The molecule has 0 radical (unpaired) electrons. The predicted octanol–water partition coefficient (Wildman–Crippen LogP) is 2.34. The minimum Gasteiger partial charge on any atom is -0.461 e. The first-order valence-electron chi connectivity index (χ1n) is 13.7. The van der Waals surface area contributed by atoms with Crippen molar-refractivity contribution < 1.29 is 14.2 Å². The first kappa shape index (κ1) is 23.8. The molecular formula is C27H34N8O3. The number of rotatable bonds is 6. The van der Waals surface area contributed by atoms with Gasteiger partial charge in [0.1, 0.15) is 11.9 Å². The molecule has 0 aliphatic carbocycles. The Hall–Kier alpha value is -3.28. The first-order chi connectivity index (χ1) is 18.7. The van der Waals surface area contributed by atoms with Crippen LogP contribution in [0.5, 0.6) is 6.01 Å². The van der Waals surface area contributed by atoms with Gasteiger partial charge in [-0.2, -0.15) is 15.0 Å². The fraction of sp³-hybridized carbons (Fsp3) is 0.556. The number of aryl methyl sites for hydroxylation is 2. The van der Waals surface area contributed by atoms with E-state index in [9.17, 15) is 0 Å². The van der Waals surface area contributed by atoms with E-state index in [4.69, 9.17) is 34.1 Å². The van der Waals surface area contributed by atoms with Crippen molar-refractivity contribution in [3.8, 4) is 12.0 Å². The summed E-state index contributed by atoms with van der Waals surface area (Å²) in [6.07, 6.45) is 2.86. The van der Waals surface area contributed by atoms with Gasteiger partial charge in [0.2, 0.25) is 5.95 Å². The summed E-state index contributed by atoms with van der Waals surface area (Å²) in [5.74, 6) is 2.36. The Kier molecular flexibility index (Phi) is 6.13. The summed E-state index contributed by atoms with van der Waals surface area (Å²) in [5, 5.41) is 0. The summed E-state index contributed by atoms with van der Waals surface area (Å²) >= 11 is 0. The Labute approximate surface area is 221 Å². The van der Waals surface area contributed by atoms with E-state index < -0.39 is 0 Å². The molecule has 11 heteroatoms. The molecule has 0 unspecified atom stereocenters. The number of fused-ring (bicyclic) bond motifs is 2. The molecule has 0 bridgehead atoms. The largest absolute Gasteiger partial charge is 0.461 e. The number of anilines is 1. The molecule has 3 saturated heterocycles. The van der Waals surface area contributed by atoms with Crippen LogP contribution in [0.25, 0.3) is 28.1 Å². The van der Waals surface area contributed by atoms with Crippen molar-refractivity contribution >= 4 is 28.0 Å². The molecule has 0 saturated carbocycles. The van der Waals surface area contributed by atoms with E-state index in [1.165, 1.54) is 0 Å². The van der Waals surface area contributed by atoms with Crippen molar-refractivity contribution in [2.75, 3.05) is 57.5 Å². The topological polar surface area (TPSA) is 95.6 Å². The average Bonchev–Trinajstić information content (AvgIpc) is 3.46. The second kappa shape index (κ2) is 9.79. The number of hydrogen-bond donors (Lipinski definition) is 0. The fourth-order valence-electron chi connectivity index (χ4n) is 5.69. The number of likely N-dealkylation sites (tertiary alicyclic amines) is 1. The summed E-state index contributed by atoms with van der Waals surface area (Å²) in [6, 6.07) is 9.31. The molecule has 200 valence electrons. The Morgan fingerprint density at radius 3 is 2.47 bits per heavy atom. The van der Waals surface area contributed by atoms with Crippen LogP contribution in [-0.4, -0.2) is 98.7 Å². The lowest BCUT2D eigenvalue weighted by Gasteiger charge is -2.41. The molecule has 3 aromatic heterocycles. The van der Waals surface area contributed by atoms with E-state index in [1.807, 2.05) is 29.8 Å². The van der Waals surface area contributed by atoms with Crippen LogP contribution in [0, 0.1) is 0 Å². The number of piperidine rings is 1. The quantitative estimate of drug-likeness (QED) is 0.381. The second-order valence-corrected chi connectivity index (χ2v) is 10.3. The number of imidazole rings is 2. The van der Waals surface area contributed by atoms with Gasteiger partial charge >= 0.3 is 0 Å². The Bertz CT molecular complexity index is 1450. The Morgan fingerprint density at radius 2 is 1.74 bits per heavy atom. The molecule has 3 aliphatic heterocycles. The maximum Gasteiger partial charge on any atom is 0.298 e. The van der Waals surface area contributed by atoms with Crippen molar-refractivity contribution in [3.63, 3.8) is 0 Å². The van der Waals surface area contributed by atoms with Crippen LogP contribution < -0.4 is 9.64 Å². The lowest BCUT2D eigenvalue weighted by atomic mass is 10.0. The third-order valence-electron chi connectivity index (χ3n) is 7.99. The molecule has 1 aromatic carbocycles. The van der Waals surface area contributed by atoms with Gasteiger partial charge in [0.05, 0.1) is 43.5 Å². The number of aromatic nitrogens is 6. The number of nitrogens with zero attached hydrogens (tertiary/aromatic N) is 8. The highest BCUT2D eigenvalue weighted by atomic mass is 16.5. The zero-order chi connectivity index (χ0) is 25.6. The summed E-state index contributed by atoms with van der Waals surface area (Å²) in [4.78, 5) is 24.7. The highest BCUT2D eigenvalue weighted by molar-refractivity contribution is 5.86. The van der Waals surface area contributed by atoms with Crippen molar-refractivity contribution in [1.82, 2.24) is 34.0 Å². The lowest BCUT2D eigenvalue weighted by Crippen LogP contribution is -2.53. The molecule has 0 spiro atoms. The zero-order valence-corrected chi connectivity index (χ0v) is 22.0. The number of para-hydroxylation sites is 2. The van der Waals surface area contributed by atoms with Crippen LogP contribution >= 0.6 is 0 Å². The van der Waals surface area contributed by atoms with Gasteiger partial charge in [-0.15, -0.1) is 0 Å². The smallest absolute Gasteiger partial charge is 0.298 e. The molecular weight excluding hydrogens is 484 g/mol. The zero-order valence-electron chi connectivity index (χ0n) is 22.0. The van der Waals surface area contributed by atoms with Crippen molar-refractivity contribution in [3.05, 3.63) is 30.1 Å². The minimum absolute atomic E-state index is 0.131. The number of benzene rings is 1. The van der Waals surface area contributed by atoms with Gasteiger partial charge in [-0.1, -0.05) is 19.1 Å². The van der Waals surface area contributed by atoms with E-state index in [-0.39, 0.29) is 6.10 Å². The minimum atomic E-state index is 0.131. The van der Waals surface area contributed by atoms with E-state index >= 15 is 0 Å². The van der Waals surface area contributed by atoms with E-state index in [0.717, 1.165) is 92.5 Å². The lowest BCUT2D eigenvalue weighted by molar-refractivity contribution is -0.0783. The molecule has 7 rings (SSSR count). The first-order valence-corrected chi connectivity index (χ1v) is 13.7. The Morgan fingerprint density at radius 1 is 0.947 bits per heavy atom. The van der Waals surface area contributed by atoms with E-state index in [2.05, 4.69) is 27.4 Å². The van der Waals surface area contributed by atoms with Crippen LogP contribution in [-0.2, 0) is 22.9 Å². The molecule has 3 fully saturated rings. The van der Waals surface area contributed by atoms with Crippen molar-refractivity contribution in [1.29, 1.82) is 0 Å². The SMILES string of the molecule is CCc1nc2ccccc2n1-c1nc(N2CCOCC2)c2nc(OC3CCN(C4COC4)CC3)n(C)c2n1. The molecule has 38 heavy (non-hydrogen) atoms. The summed E-state index contributed by atoms with van der Waals surface area (Å²) in [6.45, 7) is 8.71. The monoisotopic (exact) mass is 518 g/mol. The van der Waals surface area contributed by atoms with Crippen LogP contribution in [0.2, 0.25) is 0 Å². The summed E-state index contributed by atoms with van der Waals surface area (Å²) in [7, 11) is 1.98. The average molecular weight is 519 g/mol. The molecule has 0 N–H and O–H groups in total. The number of hydrogen-bond acceptors (Lipinski definition) is 9. The van der Waals surface area contributed by atoms with Gasteiger partial charge in [0.15, 0.2) is 17.0 Å². The molecule has 6 heterocycles. The van der Waals surface area contributed by atoms with Crippen LogP contribution in [0.4, 0.5) is 5.82 Å². The van der Waals surface area contributed by atoms with Crippen LogP contribution in [0.3, 0.4) is 0 Å². The molecule has 0 amide bonds. The van der Waals surface area contributed by atoms with Gasteiger partial charge in [0.25, 0.3) is 6.01 Å². The van der Waals surface area contributed by atoms with Gasteiger partial charge in [-0.3, -0.25) is 14.0 Å². The second-order valence-electron chi connectivity index (χ2n) is 10.3. The van der Waals surface area contributed by atoms with Gasteiger partial charge in [-0.25, -0.2) is 4.98 Å². The number of morpholine rings is 1. The third-order valence-corrected chi connectivity index (χ3v) is 7.99. The molecule has 4 aromatic rings. The van der Waals surface area contributed by atoms with Gasteiger partial charge in [0, 0.05) is 39.6 Å². The summed E-state index contributed by atoms with van der Waals surface area (Å²) in [5.41, 5.74) is 3.46. The molecule has 11 nitrogen and oxygen atoms in total. The summed E-state index contributed by atoms with van der Waals surface area (Å²) < 4.78 is 21.6. The van der Waals surface area contributed by atoms with Crippen LogP contribution in [0.15, 0.2) is 24.3 Å². The molecule has 0 atom stereocenters. The predicted molar refractivity (Wildman–Crippen MR) is 143 cm³/mol. The maximum atomic E-state index is 6.50. The van der Waals surface area contributed by atoms with Gasteiger partial charge < -0.3 is 19.1 Å². The maximum absolute atomic E-state index is 6.50. The van der Waals surface area contributed by atoms with Crippen molar-refractivity contribution in [2.24, 2.45) is 7.05 Å². The standard InChI is InChI=1S/C27H34N8O3/c1-3-22-28-20-6-4-5-7-21(20)35(22)26-30-24-23(25(31-26)34-12-14-36-15-13-34)29-27(32(24)2)38-19-8-10-33(11-9-19)18-16-37-17-18/h4-7,18-19H,3,8-17H2,1-2H3. The van der Waals surface area contributed by atoms with Crippen molar-refractivity contribution in [2.45, 2.75) is 38.3 Å². The van der Waals surface area contributed by atoms with E-state index in [0.29, 0.717) is 31.2 Å². The molecule has 3 aliphatic rings. The fourth-order valence-corrected chi connectivity index (χ4v) is 5.69. The number of ether oxygens (including phenoxy) is 3. The highest BCUT2D eigenvalue weighted by Crippen LogP contribution is 2.31. The Balaban J connectivity index is 1.28. The van der Waals surface area contributed by atoms with Gasteiger partial charge in [-0.05, 0) is 25.0 Å². The van der Waals surface area contributed by atoms with Crippen LogP contribution in [0.1, 0.15) is 25.6 Å². The normalized spacial score (nSPS) is 19.9.